The summed E-state index contributed by atoms with van der Waals surface area (Å²) in [5.74, 6) is 1.28. The van der Waals surface area contributed by atoms with Gasteiger partial charge in [0.1, 0.15) is 16.4 Å². The first kappa shape index (κ1) is 20.3. The number of sulfonamides is 1. The molecule has 0 atom stereocenters. The smallest absolute Gasteiger partial charge is 0.314 e. The number of aryl methyl sites for hydroxylation is 1. The predicted octanol–water partition coefficient (Wildman–Crippen LogP) is 3.89. The zero-order valence-corrected chi connectivity index (χ0v) is 17.6. The topological polar surface area (TPSA) is 125 Å². The van der Waals surface area contributed by atoms with E-state index < -0.39 is 21.1 Å². The summed E-state index contributed by atoms with van der Waals surface area (Å²) in [6, 6.07) is 10.6. The van der Waals surface area contributed by atoms with E-state index in [1.54, 1.807) is 25.1 Å². The lowest BCUT2D eigenvalue weighted by atomic mass is 10.1. The summed E-state index contributed by atoms with van der Waals surface area (Å²) in [6.07, 6.45) is 0. The van der Waals surface area contributed by atoms with Gasteiger partial charge in [-0.15, -0.1) is 0 Å². The van der Waals surface area contributed by atoms with Crippen molar-refractivity contribution in [3.8, 4) is 11.3 Å². The molecule has 0 radical (unpaired) electrons. The molecule has 8 nitrogen and oxygen atoms in total. The van der Waals surface area contributed by atoms with Crippen molar-refractivity contribution < 1.29 is 12.8 Å². The van der Waals surface area contributed by atoms with Gasteiger partial charge in [0.2, 0.25) is 0 Å². The highest BCUT2D eigenvalue weighted by Crippen LogP contribution is 2.33. The fraction of sp³-hybridized carbons (Fsp3) is 0.0526. The molecule has 11 heteroatoms. The Kier molecular flexibility index (Phi) is 4.97. The number of aromatic amines is 2. The van der Waals surface area contributed by atoms with Crippen molar-refractivity contribution in [2.75, 3.05) is 4.72 Å². The molecule has 0 aliphatic carbocycles. The van der Waals surface area contributed by atoms with Gasteiger partial charge in [0.25, 0.3) is 10.0 Å². The van der Waals surface area contributed by atoms with Crippen molar-refractivity contribution in [2.45, 2.75) is 11.8 Å². The maximum atomic E-state index is 12.9. The maximum Gasteiger partial charge on any atom is 0.314 e. The van der Waals surface area contributed by atoms with Crippen LogP contribution in [-0.4, -0.2) is 18.4 Å². The van der Waals surface area contributed by atoms with Crippen LogP contribution in [0.1, 0.15) is 5.76 Å². The molecule has 0 saturated carbocycles. The van der Waals surface area contributed by atoms with Crippen LogP contribution in [-0.2, 0) is 10.0 Å². The van der Waals surface area contributed by atoms with Crippen LogP contribution >= 0.6 is 23.2 Å². The fourth-order valence-corrected chi connectivity index (χ4v) is 4.77. The molecule has 0 amide bonds. The Morgan fingerprint density at radius 2 is 1.57 bits per heavy atom. The number of furan rings is 1. The molecule has 154 valence electrons. The van der Waals surface area contributed by atoms with Gasteiger partial charge in [0.05, 0.1) is 26.8 Å². The zero-order chi connectivity index (χ0) is 21.6. The molecule has 0 aliphatic heterocycles. The van der Waals surface area contributed by atoms with Gasteiger partial charge in [-0.3, -0.25) is 14.3 Å². The first-order valence-corrected chi connectivity index (χ1v) is 10.7. The molecule has 0 spiro atoms. The van der Waals surface area contributed by atoms with E-state index in [4.69, 9.17) is 27.6 Å². The number of nitrogens with one attached hydrogen (secondary N) is 3. The highest BCUT2D eigenvalue weighted by atomic mass is 35.5. The van der Waals surface area contributed by atoms with Crippen molar-refractivity contribution >= 4 is 49.9 Å². The van der Waals surface area contributed by atoms with Crippen LogP contribution in [0.15, 0.2) is 61.4 Å². The van der Waals surface area contributed by atoms with E-state index in [1.165, 1.54) is 24.3 Å². The molecule has 0 unspecified atom stereocenters. The molecule has 3 N–H and O–H groups in total. The number of anilines is 1. The van der Waals surface area contributed by atoms with Crippen molar-refractivity contribution in [2.24, 2.45) is 0 Å². The quantitative estimate of drug-likeness (QED) is 0.394. The summed E-state index contributed by atoms with van der Waals surface area (Å²) < 4.78 is 33.7. The van der Waals surface area contributed by atoms with E-state index in [0.717, 1.165) is 5.76 Å². The minimum absolute atomic E-state index is 0.117. The van der Waals surface area contributed by atoms with Crippen LogP contribution in [0.5, 0.6) is 0 Å². The highest BCUT2D eigenvalue weighted by Gasteiger charge is 2.20. The number of hydrogen-bond acceptors (Lipinski definition) is 5. The normalized spacial score (nSPS) is 11.7. The average Bonchev–Trinajstić information content (AvgIpc) is 3.08. The van der Waals surface area contributed by atoms with Crippen LogP contribution in [0.3, 0.4) is 0 Å². The Balaban J connectivity index is 1.72. The Hall–Kier alpha value is -3.01. The van der Waals surface area contributed by atoms with Crippen LogP contribution in [0.2, 0.25) is 10.0 Å². The molecule has 0 fully saturated rings. The highest BCUT2D eigenvalue weighted by molar-refractivity contribution is 7.92. The van der Waals surface area contributed by atoms with Crippen molar-refractivity contribution in [3.05, 3.63) is 79.0 Å². The lowest BCUT2D eigenvalue weighted by molar-refractivity contribution is 0.548. The molecular formula is C19H13Cl2N3O5S. The number of benzene rings is 2. The third-order valence-electron chi connectivity index (χ3n) is 4.29. The number of hydrogen-bond donors (Lipinski definition) is 3. The standard InChI is InChI=1S/C19H13Cl2N3O5S/c1-9-2-5-16(29-9)11-4-3-10(6-12(11)20)24-30(27,28)17-8-15-14(7-13(17)21)22-18(25)19(26)23-15/h2-8,24H,1H3,(H,22,25)(H,23,26). The maximum absolute atomic E-state index is 12.9. The van der Waals surface area contributed by atoms with E-state index in [9.17, 15) is 18.0 Å². The Morgan fingerprint density at radius 3 is 2.17 bits per heavy atom. The zero-order valence-electron chi connectivity index (χ0n) is 15.2. The lowest BCUT2D eigenvalue weighted by Crippen LogP contribution is -2.29. The molecule has 0 aliphatic rings. The first-order chi connectivity index (χ1) is 14.1. The van der Waals surface area contributed by atoms with Crippen LogP contribution < -0.4 is 15.8 Å². The largest absolute Gasteiger partial charge is 0.461 e. The summed E-state index contributed by atoms with van der Waals surface area (Å²) in [5.41, 5.74) is -0.641. The summed E-state index contributed by atoms with van der Waals surface area (Å²) in [6.45, 7) is 1.80. The second-order valence-corrected chi connectivity index (χ2v) is 8.91. The predicted molar refractivity (Wildman–Crippen MR) is 115 cm³/mol. The van der Waals surface area contributed by atoms with E-state index in [-0.39, 0.29) is 31.7 Å². The van der Waals surface area contributed by atoms with Gasteiger partial charge < -0.3 is 14.4 Å². The number of rotatable bonds is 4. The molecule has 2 heterocycles. The van der Waals surface area contributed by atoms with Gasteiger partial charge in [-0.25, -0.2) is 8.42 Å². The monoisotopic (exact) mass is 465 g/mol. The SMILES string of the molecule is Cc1ccc(-c2ccc(NS(=O)(=O)c3cc4[nH]c(=O)c(=O)[nH]c4cc3Cl)cc2Cl)o1. The molecule has 0 saturated heterocycles. The molecule has 2 aromatic carbocycles. The van der Waals surface area contributed by atoms with Crippen LogP contribution in [0.4, 0.5) is 5.69 Å². The van der Waals surface area contributed by atoms with Gasteiger partial charge in [0, 0.05) is 5.56 Å². The van der Waals surface area contributed by atoms with Crippen molar-refractivity contribution in [1.29, 1.82) is 0 Å². The fourth-order valence-electron chi connectivity index (χ4n) is 2.89. The molecular weight excluding hydrogens is 453 g/mol. The molecule has 4 rings (SSSR count). The number of H-pyrrole nitrogens is 2. The van der Waals surface area contributed by atoms with Gasteiger partial charge in [0.15, 0.2) is 0 Å². The van der Waals surface area contributed by atoms with Crippen LogP contribution in [0.25, 0.3) is 22.4 Å². The van der Waals surface area contributed by atoms with E-state index >= 15 is 0 Å². The number of halogens is 2. The summed E-state index contributed by atoms with van der Waals surface area (Å²) in [4.78, 5) is 27.3. The van der Waals surface area contributed by atoms with Gasteiger partial charge >= 0.3 is 11.1 Å². The van der Waals surface area contributed by atoms with E-state index in [0.29, 0.717) is 11.3 Å². The Morgan fingerprint density at radius 1 is 0.900 bits per heavy atom. The summed E-state index contributed by atoms with van der Waals surface area (Å²) in [7, 11) is -4.13. The van der Waals surface area contributed by atoms with Gasteiger partial charge in [-0.05, 0) is 49.4 Å². The molecule has 30 heavy (non-hydrogen) atoms. The van der Waals surface area contributed by atoms with Crippen molar-refractivity contribution in [1.82, 2.24) is 9.97 Å². The Bertz CT molecular complexity index is 1520. The second-order valence-electron chi connectivity index (χ2n) is 6.45. The van der Waals surface area contributed by atoms with E-state index in [2.05, 4.69) is 14.7 Å². The van der Waals surface area contributed by atoms with Crippen molar-refractivity contribution in [3.63, 3.8) is 0 Å². The Labute approximate surface area is 179 Å². The summed E-state index contributed by atoms with van der Waals surface area (Å²) in [5, 5.41) is 0.155. The van der Waals surface area contributed by atoms with E-state index in [1.807, 2.05) is 0 Å². The first-order valence-electron chi connectivity index (χ1n) is 8.49. The number of fused-ring (bicyclic) bond motifs is 1. The number of aromatic nitrogens is 2. The third kappa shape index (κ3) is 3.74. The lowest BCUT2D eigenvalue weighted by Gasteiger charge is -2.12. The second kappa shape index (κ2) is 7.35. The summed E-state index contributed by atoms with van der Waals surface area (Å²) >= 11 is 12.4. The van der Waals surface area contributed by atoms with Crippen LogP contribution in [0, 0.1) is 6.92 Å². The molecule has 4 aromatic rings. The average molecular weight is 466 g/mol. The minimum Gasteiger partial charge on any atom is -0.461 e. The molecule has 0 bridgehead atoms. The molecule has 2 aromatic heterocycles. The van der Waals surface area contributed by atoms with Gasteiger partial charge in [-0.2, -0.15) is 0 Å². The van der Waals surface area contributed by atoms with Gasteiger partial charge in [-0.1, -0.05) is 23.2 Å². The minimum atomic E-state index is -4.13. The third-order valence-corrected chi connectivity index (χ3v) is 6.45.